The van der Waals surface area contributed by atoms with E-state index in [1.165, 1.54) is 74.5 Å². The van der Waals surface area contributed by atoms with Gasteiger partial charge in [0.15, 0.2) is 0 Å². The number of fused-ring (bicyclic) bond motifs is 1. The third-order valence-corrected chi connectivity index (χ3v) is 8.90. The molecule has 0 spiro atoms. The van der Waals surface area contributed by atoms with Gasteiger partial charge >= 0.3 is 12.1 Å². The largest absolute Gasteiger partial charge is 0.453 e. The Labute approximate surface area is 238 Å². The van der Waals surface area contributed by atoms with Crippen LogP contribution in [0.4, 0.5) is 43.4 Å². The lowest BCUT2D eigenvalue weighted by Gasteiger charge is -2.19. The maximum atomic E-state index is 13.2. The molecule has 42 heavy (non-hydrogen) atoms. The molecule has 0 saturated heterocycles. The third kappa shape index (κ3) is 7.85. The Morgan fingerprint density at radius 1 is 0.786 bits per heavy atom. The maximum Gasteiger partial charge on any atom is 0.453 e. The van der Waals surface area contributed by atoms with E-state index in [4.69, 9.17) is 0 Å². The average Bonchev–Trinajstić information content (AvgIpc) is 2.88. The minimum Gasteiger partial charge on any atom is -0.326 e. The van der Waals surface area contributed by atoms with Crippen LogP contribution in [-0.4, -0.2) is 47.3 Å². The number of alkyl halides is 6. The van der Waals surface area contributed by atoms with Gasteiger partial charge in [-0.25, -0.2) is 21.2 Å². The maximum absolute atomic E-state index is 13.2. The monoisotopic (exact) mass is 639 g/mol. The van der Waals surface area contributed by atoms with E-state index in [1.54, 1.807) is 0 Å². The van der Waals surface area contributed by atoms with Crippen LogP contribution in [0.25, 0.3) is 10.8 Å². The molecule has 0 bridgehead atoms. The first-order chi connectivity index (χ1) is 19.3. The number of carbonyl (C=O) groups excluding carboxylic acids is 1. The van der Waals surface area contributed by atoms with E-state index in [-0.39, 0.29) is 27.0 Å². The molecule has 3 rings (SSSR count). The summed E-state index contributed by atoms with van der Waals surface area (Å²) < 4.78 is 132. The lowest BCUT2D eigenvalue weighted by atomic mass is 9.94. The number of amides is 1. The molecule has 0 radical (unpaired) electrons. The van der Waals surface area contributed by atoms with Crippen molar-refractivity contribution in [3.8, 4) is 0 Å². The summed E-state index contributed by atoms with van der Waals surface area (Å²) in [6.07, 6.45) is -8.50. The molecule has 0 aliphatic carbocycles. The minimum atomic E-state index is -5.80. The zero-order chi connectivity index (χ0) is 31.6. The number of anilines is 3. The number of nitrogens with one attached hydrogen (secondary N) is 3. The van der Waals surface area contributed by atoms with Crippen molar-refractivity contribution in [3.63, 3.8) is 0 Å². The molecule has 0 aliphatic heterocycles. The number of benzene rings is 3. The SMILES string of the molecule is CC(C)(CF)C(=O)Nc1ccc(NS(=O)(=O)c2cccc3c(NS(=O)(=O)CCCC(F)(F)C(F)(F)F)cccc23)cc1. The van der Waals surface area contributed by atoms with E-state index in [1.807, 2.05) is 0 Å². The van der Waals surface area contributed by atoms with E-state index < -0.39 is 68.7 Å². The summed E-state index contributed by atoms with van der Waals surface area (Å²) in [6.45, 7) is 1.96. The molecule has 0 heterocycles. The summed E-state index contributed by atoms with van der Waals surface area (Å²) in [5, 5.41) is 2.74. The van der Waals surface area contributed by atoms with Crippen LogP contribution in [0.2, 0.25) is 0 Å². The van der Waals surface area contributed by atoms with Crippen molar-refractivity contribution in [3.05, 3.63) is 60.7 Å². The molecule has 0 saturated carbocycles. The summed E-state index contributed by atoms with van der Waals surface area (Å²) in [6, 6.07) is 13.6. The van der Waals surface area contributed by atoms with Crippen LogP contribution < -0.4 is 14.8 Å². The number of hydrogen-bond donors (Lipinski definition) is 3. The van der Waals surface area contributed by atoms with E-state index in [0.29, 0.717) is 5.69 Å². The first-order valence-corrected chi connectivity index (χ1v) is 15.4. The minimum absolute atomic E-state index is 0.0890. The molecule has 16 heteroatoms. The highest BCUT2D eigenvalue weighted by molar-refractivity contribution is 7.93. The predicted molar refractivity (Wildman–Crippen MR) is 147 cm³/mol. The fourth-order valence-corrected chi connectivity index (χ4v) is 6.06. The molecular weight excluding hydrogens is 612 g/mol. The van der Waals surface area contributed by atoms with E-state index >= 15 is 0 Å². The van der Waals surface area contributed by atoms with Gasteiger partial charge in [0.1, 0.15) is 6.67 Å². The number of sulfonamides is 2. The Balaban J connectivity index is 1.79. The number of hydrogen-bond acceptors (Lipinski definition) is 5. The van der Waals surface area contributed by atoms with Crippen molar-refractivity contribution in [2.75, 3.05) is 27.2 Å². The lowest BCUT2D eigenvalue weighted by molar-refractivity contribution is -0.284. The van der Waals surface area contributed by atoms with Crippen molar-refractivity contribution < 1.29 is 48.0 Å². The summed E-state index contributed by atoms with van der Waals surface area (Å²) in [5.41, 5.74) is -0.955. The fourth-order valence-electron chi connectivity index (χ4n) is 3.64. The molecule has 0 aromatic heterocycles. The quantitative estimate of drug-likeness (QED) is 0.201. The van der Waals surface area contributed by atoms with Crippen LogP contribution in [0, 0.1) is 5.41 Å². The van der Waals surface area contributed by atoms with Crippen LogP contribution >= 0.6 is 0 Å². The molecule has 8 nitrogen and oxygen atoms in total. The van der Waals surface area contributed by atoms with Gasteiger partial charge in [0.05, 0.1) is 21.8 Å². The second-order valence-corrected chi connectivity index (χ2v) is 13.5. The van der Waals surface area contributed by atoms with E-state index in [9.17, 15) is 48.0 Å². The van der Waals surface area contributed by atoms with Gasteiger partial charge in [-0.2, -0.15) is 22.0 Å². The second kappa shape index (κ2) is 12.0. The molecule has 3 aromatic carbocycles. The van der Waals surface area contributed by atoms with Crippen molar-refractivity contribution in [2.24, 2.45) is 5.41 Å². The van der Waals surface area contributed by atoms with Gasteiger partial charge in [0.25, 0.3) is 10.0 Å². The molecule has 0 atom stereocenters. The molecule has 0 unspecified atom stereocenters. The van der Waals surface area contributed by atoms with Gasteiger partial charge in [-0.3, -0.25) is 14.2 Å². The van der Waals surface area contributed by atoms with Gasteiger partial charge in [0.2, 0.25) is 15.9 Å². The predicted octanol–water partition coefficient (Wildman–Crippen LogP) is 6.29. The Kier molecular flexibility index (Phi) is 9.41. The number of halogens is 6. The van der Waals surface area contributed by atoms with Crippen LogP contribution in [0.15, 0.2) is 65.6 Å². The number of rotatable bonds is 12. The molecule has 3 aromatic rings. The number of carbonyl (C=O) groups is 1. The van der Waals surface area contributed by atoms with Crippen LogP contribution in [-0.2, 0) is 24.8 Å². The van der Waals surface area contributed by atoms with E-state index in [0.717, 1.165) is 0 Å². The normalized spacial score (nSPS) is 13.1. The Morgan fingerprint density at radius 3 is 1.95 bits per heavy atom. The molecule has 3 N–H and O–H groups in total. The first kappa shape index (κ1) is 33.0. The highest BCUT2D eigenvalue weighted by Gasteiger charge is 2.56. The van der Waals surface area contributed by atoms with Crippen LogP contribution in [0.3, 0.4) is 0 Å². The molecular formula is C26H27F6N3O5S2. The highest BCUT2D eigenvalue weighted by Crippen LogP contribution is 2.39. The van der Waals surface area contributed by atoms with Crippen LogP contribution in [0.5, 0.6) is 0 Å². The van der Waals surface area contributed by atoms with E-state index in [2.05, 4.69) is 14.8 Å². The Morgan fingerprint density at radius 2 is 1.36 bits per heavy atom. The zero-order valence-electron chi connectivity index (χ0n) is 22.2. The molecule has 230 valence electrons. The van der Waals surface area contributed by atoms with Crippen molar-refractivity contribution in [2.45, 2.75) is 43.7 Å². The highest BCUT2D eigenvalue weighted by atomic mass is 32.2. The lowest BCUT2D eigenvalue weighted by Crippen LogP contribution is -2.36. The van der Waals surface area contributed by atoms with Crippen molar-refractivity contribution in [1.29, 1.82) is 0 Å². The van der Waals surface area contributed by atoms with Gasteiger partial charge in [-0.1, -0.05) is 24.3 Å². The summed E-state index contributed by atoms with van der Waals surface area (Å²) in [5.74, 6) is -6.64. The smallest absolute Gasteiger partial charge is 0.326 e. The first-order valence-electron chi connectivity index (χ1n) is 12.3. The standard InChI is InChI=1S/C26H27F6N3O5S2/c1-24(2,16-27)23(36)33-17-10-12-18(13-11-17)34-42(39,40)22-9-4-6-19-20(22)7-3-8-21(19)35-41(37,38)15-5-14-25(28,29)26(30,31)32/h3-4,6-13,34-35H,5,14-16H2,1-2H3,(H,33,36). The van der Waals surface area contributed by atoms with Crippen LogP contribution in [0.1, 0.15) is 26.7 Å². The van der Waals surface area contributed by atoms with Gasteiger partial charge < -0.3 is 5.32 Å². The molecule has 0 fully saturated rings. The summed E-state index contributed by atoms with van der Waals surface area (Å²) in [4.78, 5) is 11.9. The van der Waals surface area contributed by atoms with Crippen molar-refractivity contribution >= 4 is 53.8 Å². The topological polar surface area (TPSA) is 121 Å². The third-order valence-electron chi connectivity index (χ3n) is 6.10. The fraction of sp³-hybridized carbons (Fsp3) is 0.346. The van der Waals surface area contributed by atoms with Gasteiger partial charge in [0, 0.05) is 28.6 Å². The van der Waals surface area contributed by atoms with Gasteiger partial charge in [-0.15, -0.1) is 0 Å². The zero-order valence-corrected chi connectivity index (χ0v) is 23.9. The van der Waals surface area contributed by atoms with Gasteiger partial charge in [-0.05, 0) is 56.7 Å². The van der Waals surface area contributed by atoms with Crippen molar-refractivity contribution in [1.82, 2.24) is 0 Å². The Bertz CT molecular complexity index is 1660. The second-order valence-electron chi connectivity index (χ2n) is 10.0. The summed E-state index contributed by atoms with van der Waals surface area (Å²) in [7, 11) is -8.64. The Hall–Kier alpha value is -3.53. The molecule has 0 aliphatic rings. The average molecular weight is 640 g/mol. The summed E-state index contributed by atoms with van der Waals surface area (Å²) >= 11 is 0. The molecule has 1 amide bonds.